The molecule has 8 rings (SSSR count). The van der Waals surface area contributed by atoms with Crippen LogP contribution in [0.3, 0.4) is 0 Å². The Bertz CT molecular complexity index is 1000. The first-order valence-electron chi connectivity index (χ1n) is 13.4. The van der Waals surface area contributed by atoms with Gasteiger partial charge in [0.15, 0.2) is 0 Å². The third-order valence-electron chi connectivity index (χ3n) is 7.54. The second kappa shape index (κ2) is 10.4. The van der Waals surface area contributed by atoms with E-state index in [1.807, 2.05) is 0 Å². The van der Waals surface area contributed by atoms with Crippen molar-refractivity contribution in [2.45, 2.75) is 55.9 Å². The summed E-state index contributed by atoms with van der Waals surface area (Å²) in [7, 11) is -1.06. The van der Waals surface area contributed by atoms with Gasteiger partial charge < -0.3 is 32.9 Å². The van der Waals surface area contributed by atoms with E-state index in [-0.39, 0.29) is 6.10 Å². The zero-order chi connectivity index (χ0) is 24.3. The highest BCUT2D eigenvalue weighted by Gasteiger charge is 2.46. The van der Waals surface area contributed by atoms with E-state index < -0.39 is 16.7 Å². The van der Waals surface area contributed by atoms with Gasteiger partial charge in [0.1, 0.15) is 5.75 Å². The van der Waals surface area contributed by atoms with Crippen LogP contribution in [0.2, 0.25) is 0 Å². The molecule has 37 heavy (non-hydrogen) atoms. The molecule has 0 aromatic heterocycles. The number of nitrogens with one attached hydrogen (secondary N) is 1. The van der Waals surface area contributed by atoms with Gasteiger partial charge in [-0.05, 0) is 17.2 Å². The molecule has 7 heterocycles. The highest BCUT2D eigenvalue weighted by molar-refractivity contribution is 7.76. The Morgan fingerprint density at radius 1 is 0.757 bits per heavy atom. The molecule has 1 N–H and O–H groups in total. The summed E-state index contributed by atoms with van der Waals surface area (Å²) in [6.07, 6.45) is 5.84. The van der Waals surface area contributed by atoms with E-state index in [1.54, 1.807) is 0 Å². The van der Waals surface area contributed by atoms with Gasteiger partial charge in [0.25, 0.3) is 8.45 Å². The molecular formula is C24H34N3O7P3. The van der Waals surface area contributed by atoms with Crippen LogP contribution in [0.1, 0.15) is 16.7 Å². The minimum atomic E-state index is -1.02. The largest absolute Gasteiger partial charge is 0.444 e. The van der Waals surface area contributed by atoms with E-state index in [0.29, 0.717) is 39.4 Å². The van der Waals surface area contributed by atoms with Crippen molar-refractivity contribution in [2.75, 3.05) is 58.9 Å². The van der Waals surface area contributed by atoms with E-state index in [9.17, 15) is 0 Å². The van der Waals surface area contributed by atoms with Crippen molar-refractivity contribution in [3.05, 3.63) is 28.8 Å². The Hall–Kier alpha value is -0.0500. The molecule has 10 nitrogen and oxygen atoms in total. The number of rotatable bonds is 14. The van der Waals surface area contributed by atoms with Crippen molar-refractivity contribution < 1.29 is 32.9 Å². The second-order valence-electron chi connectivity index (χ2n) is 10.8. The van der Waals surface area contributed by atoms with Gasteiger partial charge in [-0.25, -0.2) is 9.30 Å². The molecule has 0 aliphatic carbocycles. The number of nitrogens with zero attached hydrogens (tertiary/aromatic N) is 2. The summed E-state index contributed by atoms with van der Waals surface area (Å²) in [5.41, 5.74) is 4.06. The summed E-state index contributed by atoms with van der Waals surface area (Å²) >= 11 is 0. The summed E-state index contributed by atoms with van der Waals surface area (Å²) in [6.45, 7) is 7.00. The summed E-state index contributed by atoms with van der Waals surface area (Å²) in [6, 6.07) is 4.46. The topological polar surface area (TPSA) is 103 Å². The molecule has 0 spiro atoms. The van der Waals surface area contributed by atoms with E-state index in [1.165, 1.54) is 16.7 Å². The van der Waals surface area contributed by atoms with Crippen LogP contribution < -0.4 is 9.38 Å². The van der Waals surface area contributed by atoms with Crippen LogP contribution in [0.5, 0.6) is 5.75 Å². The molecule has 7 fully saturated rings. The fraction of sp³-hybridized carbons (Fsp3) is 0.750. The average molecular weight is 569 g/mol. The predicted molar refractivity (Wildman–Crippen MR) is 140 cm³/mol. The summed E-state index contributed by atoms with van der Waals surface area (Å²) in [5, 5.41) is 0. The van der Waals surface area contributed by atoms with Gasteiger partial charge in [-0.2, -0.15) is 4.44 Å². The van der Waals surface area contributed by atoms with Crippen molar-refractivity contribution in [1.29, 1.82) is 0 Å². The van der Waals surface area contributed by atoms with Crippen molar-refractivity contribution in [1.82, 2.24) is 13.7 Å². The summed E-state index contributed by atoms with van der Waals surface area (Å²) < 4.78 is 46.1. The van der Waals surface area contributed by atoms with Crippen molar-refractivity contribution in [3.63, 3.8) is 0 Å². The monoisotopic (exact) mass is 569 g/mol. The van der Waals surface area contributed by atoms with Crippen LogP contribution in [0.4, 0.5) is 0 Å². The molecule has 9 atom stereocenters. The summed E-state index contributed by atoms with van der Waals surface area (Å²) in [5.74, 6) is 0.994. The first kappa shape index (κ1) is 24.7. The Morgan fingerprint density at radius 3 is 2.00 bits per heavy atom. The quantitative estimate of drug-likeness (QED) is 0.265. The van der Waals surface area contributed by atoms with Gasteiger partial charge in [-0.15, -0.1) is 0 Å². The molecule has 1 aromatic carbocycles. The van der Waals surface area contributed by atoms with E-state index >= 15 is 0 Å². The van der Waals surface area contributed by atoms with E-state index in [0.717, 1.165) is 83.9 Å². The first-order valence-corrected chi connectivity index (χ1v) is 17.0. The van der Waals surface area contributed by atoms with Crippen molar-refractivity contribution in [3.8, 4) is 5.75 Å². The molecule has 7 aliphatic heterocycles. The number of hydrogen-bond acceptors (Lipinski definition) is 10. The molecule has 0 saturated carbocycles. The Balaban J connectivity index is 1.08. The van der Waals surface area contributed by atoms with Gasteiger partial charge >= 0.3 is 0 Å². The van der Waals surface area contributed by atoms with Crippen molar-refractivity contribution in [2.24, 2.45) is 0 Å². The molecule has 0 bridgehead atoms. The van der Waals surface area contributed by atoms with Crippen LogP contribution in [-0.4, -0.2) is 104 Å². The average Bonchev–Trinajstić information content (AvgIpc) is 3.68. The Morgan fingerprint density at radius 2 is 1.35 bits per heavy atom. The lowest BCUT2D eigenvalue weighted by atomic mass is 9.91. The third-order valence-corrected chi connectivity index (χ3v) is 14.3. The zero-order valence-corrected chi connectivity index (χ0v) is 23.5. The van der Waals surface area contributed by atoms with Gasteiger partial charge in [0.2, 0.25) is 0 Å². The number of benzene rings is 1. The van der Waals surface area contributed by atoms with E-state index in [2.05, 4.69) is 25.9 Å². The standard InChI is InChI=1S/C24H34N3O7P3/c1-2-24(23(5-18-10-30-18)22(4-17-9-29-17)15(1)3-16-8-28-16)34-37-25-35-26(6-19-11-31-19)36(14-21-13-33-21)27(37)7-20-12-32-20/h1-2,16-21,25,35H,3-14H2. The van der Waals surface area contributed by atoms with Crippen LogP contribution in [0.15, 0.2) is 12.1 Å². The molecule has 202 valence electrons. The summed E-state index contributed by atoms with van der Waals surface area (Å²) in [4.78, 5) is 3.79. The van der Waals surface area contributed by atoms with Gasteiger partial charge in [-0.3, -0.25) is 0 Å². The number of epoxide rings is 6. The van der Waals surface area contributed by atoms with Gasteiger partial charge in [-0.1, -0.05) is 6.07 Å². The Kier molecular flexibility index (Phi) is 6.96. The molecule has 1 aromatic rings. The third kappa shape index (κ3) is 6.48. The molecule has 0 amide bonds. The molecular weight excluding hydrogens is 535 g/mol. The smallest absolute Gasteiger partial charge is 0.254 e. The fourth-order valence-corrected chi connectivity index (χ4v) is 12.8. The number of ether oxygens (including phenoxy) is 6. The van der Waals surface area contributed by atoms with Gasteiger partial charge in [0.05, 0.1) is 84.5 Å². The zero-order valence-electron chi connectivity index (χ0n) is 20.8. The highest BCUT2D eigenvalue weighted by Crippen LogP contribution is 2.67. The van der Waals surface area contributed by atoms with Gasteiger partial charge in [0, 0.05) is 53.0 Å². The fourth-order valence-electron chi connectivity index (χ4n) is 4.91. The van der Waals surface area contributed by atoms with Crippen LogP contribution in [0.25, 0.3) is 0 Å². The molecule has 9 unspecified atom stereocenters. The van der Waals surface area contributed by atoms with Crippen LogP contribution >= 0.6 is 25.6 Å². The van der Waals surface area contributed by atoms with Crippen LogP contribution in [0, 0.1) is 0 Å². The lowest BCUT2D eigenvalue weighted by molar-refractivity contribution is 0.369. The molecule has 7 aliphatic rings. The second-order valence-corrected chi connectivity index (χ2v) is 16.4. The van der Waals surface area contributed by atoms with E-state index in [4.69, 9.17) is 32.9 Å². The molecule has 7 saturated heterocycles. The lowest BCUT2D eigenvalue weighted by Crippen LogP contribution is -2.37. The molecule has 13 heteroatoms. The normalized spacial score (nSPS) is 40.5. The predicted octanol–water partition coefficient (Wildman–Crippen LogP) is 2.34. The van der Waals surface area contributed by atoms with Crippen molar-refractivity contribution >= 4 is 25.6 Å². The maximum absolute atomic E-state index is 7.00. The minimum Gasteiger partial charge on any atom is -0.444 e. The minimum absolute atomic E-state index is 0.289. The first-order chi connectivity index (χ1) is 18.2. The highest BCUT2D eigenvalue weighted by atomic mass is 31.3. The SMILES string of the molecule is c1cc(OP2NPN(CC3CO3)P(CC3CO3)N2CC2CO2)c(CC2CO2)c(CC2CO2)c1CC1CO1. The van der Waals surface area contributed by atoms with Crippen LogP contribution in [-0.2, 0) is 47.7 Å². The maximum Gasteiger partial charge on any atom is 0.254 e. The lowest BCUT2D eigenvalue weighted by Gasteiger charge is -2.46. The maximum atomic E-state index is 7.00. The molecule has 0 radical (unpaired) electrons. The Labute approximate surface area is 221 Å². The number of hydrogen-bond donors (Lipinski definition) is 1.